The molecule has 1 aromatic rings. The van der Waals surface area contributed by atoms with Crippen molar-refractivity contribution in [3.63, 3.8) is 0 Å². The molecule has 18 heavy (non-hydrogen) atoms. The lowest BCUT2D eigenvalue weighted by molar-refractivity contribution is -0.115. The third-order valence-electron chi connectivity index (χ3n) is 3.21. The average Bonchev–Trinajstić information content (AvgIpc) is 2.66. The first-order valence-corrected chi connectivity index (χ1v) is 6.40. The molecule has 0 radical (unpaired) electrons. The fourth-order valence-corrected chi connectivity index (χ4v) is 2.20. The van der Waals surface area contributed by atoms with Crippen LogP contribution in [0.25, 0.3) is 0 Å². The Bertz CT molecular complexity index is 443. The van der Waals surface area contributed by atoms with Crippen LogP contribution in [0.15, 0.2) is 18.2 Å². The van der Waals surface area contributed by atoms with Crippen LogP contribution in [-0.4, -0.2) is 30.4 Å². The number of nitrogens with one attached hydrogen (secondary N) is 1. The Kier molecular flexibility index (Phi) is 3.99. The van der Waals surface area contributed by atoms with Gasteiger partial charge in [-0.05, 0) is 44.1 Å². The van der Waals surface area contributed by atoms with E-state index < -0.39 is 0 Å². The first kappa shape index (κ1) is 13.1. The molecule has 2 rings (SSSR count). The molecule has 1 heterocycles. The second-order valence-electron chi connectivity index (χ2n) is 5.22. The van der Waals surface area contributed by atoms with E-state index in [-0.39, 0.29) is 11.9 Å². The largest absolute Gasteiger partial charge is 0.328 e. The van der Waals surface area contributed by atoms with Crippen LogP contribution in [0.5, 0.6) is 0 Å². The summed E-state index contributed by atoms with van der Waals surface area (Å²) in [5.41, 5.74) is 9.07. The molecule has 0 saturated heterocycles. The standard InChI is InChI=1S/C14H21N3O/c1-10(15)5-6-17(2)9-11-3-4-13-12(7-11)8-14(18)16-13/h3-4,7,10H,5-6,8-9,15H2,1-2H3,(H,16,18). The lowest BCUT2D eigenvalue weighted by Gasteiger charge is -2.18. The number of hydrogen-bond donors (Lipinski definition) is 2. The van der Waals surface area contributed by atoms with Gasteiger partial charge in [0, 0.05) is 18.3 Å². The van der Waals surface area contributed by atoms with Crippen LogP contribution in [0.4, 0.5) is 5.69 Å². The number of rotatable bonds is 5. The minimum Gasteiger partial charge on any atom is -0.328 e. The van der Waals surface area contributed by atoms with Crippen molar-refractivity contribution < 1.29 is 4.79 Å². The van der Waals surface area contributed by atoms with Gasteiger partial charge in [0.15, 0.2) is 0 Å². The first-order valence-electron chi connectivity index (χ1n) is 6.40. The SMILES string of the molecule is CC(N)CCN(C)Cc1ccc2c(c1)CC(=O)N2. The van der Waals surface area contributed by atoms with Gasteiger partial charge in [-0.15, -0.1) is 0 Å². The van der Waals surface area contributed by atoms with E-state index in [9.17, 15) is 4.79 Å². The molecule has 1 atom stereocenters. The van der Waals surface area contributed by atoms with Crippen LogP contribution in [-0.2, 0) is 17.8 Å². The predicted molar refractivity (Wildman–Crippen MR) is 73.4 cm³/mol. The van der Waals surface area contributed by atoms with Crippen molar-refractivity contribution in [2.75, 3.05) is 18.9 Å². The Balaban J connectivity index is 1.94. The summed E-state index contributed by atoms with van der Waals surface area (Å²) in [6.45, 7) is 3.92. The van der Waals surface area contributed by atoms with Crippen LogP contribution >= 0.6 is 0 Å². The molecule has 0 aliphatic carbocycles. The van der Waals surface area contributed by atoms with E-state index in [1.54, 1.807) is 0 Å². The molecule has 4 nitrogen and oxygen atoms in total. The highest BCUT2D eigenvalue weighted by Gasteiger charge is 2.17. The Morgan fingerprint density at radius 3 is 3.00 bits per heavy atom. The quantitative estimate of drug-likeness (QED) is 0.825. The second kappa shape index (κ2) is 5.50. The molecular weight excluding hydrogens is 226 g/mol. The Morgan fingerprint density at radius 2 is 2.28 bits per heavy atom. The molecule has 98 valence electrons. The Labute approximate surface area is 108 Å². The number of anilines is 1. The van der Waals surface area contributed by atoms with Crippen molar-refractivity contribution in [1.29, 1.82) is 0 Å². The number of amides is 1. The van der Waals surface area contributed by atoms with Crippen molar-refractivity contribution in [3.8, 4) is 0 Å². The molecule has 1 aliphatic heterocycles. The summed E-state index contributed by atoms with van der Waals surface area (Å²) in [7, 11) is 2.10. The molecule has 0 saturated carbocycles. The monoisotopic (exact) mass is 247 g/mol. The van der Waals surface area contributed by atoms with Gasteiger partial charge in [0.05, 0.1) is 6.42 Å². The third-order valence-corrected chi connectivity index (χ3v) is 3.21. The van der Waals surface area contributed by atoms with E-state index >= 15 is 0 Å². The highest BCUT2D eigenvalue weighted by Crippen LogP contribution is 2.24. The van der Waals surface area contributed by atoms with Crippen LogP contribution in [0, 0.1) is 0 Å². The van der Waals surface area contributed by atoms with Crippen LogP contribution in [0.1, 0.15) is 24.5 Å². The Morgan fingerprint density at radius 1 is 1.50 bits per heavy atom. The maximum atomic E-state index is 11.3. The van der Waals surface area contributed by atoms with Gasteiger partial charge in [-0.3, -0.25) is 4.79 Å². The number of carbonyl (C=O) groups is 1. The molecule has 1 amide bonds. The zero-order valence-corrected chi connectivity index (χ0v) is 11.1. The number of hydrogen-bond acceptors (Lipinski definition) is 3. The second-order valence-corrected chi connectivity index (χ2v) is 5.22. The summed E-state index contributed by atoms with van der Waals surface area (Å²) in [5, 5.41) is 2.85. The predicted octanol–water partition coefficient (Wildman–Crippen LogP) is 1.35. The smallest absolute Gasteiger partial charge is 0.228 e. The average molecular weight is 247 g/mol. The van der Waals surface area contributed by atoms with E-state index in [1.807, 2.05) is 13.0 Å². The molecule has 1 aliphatic rings. The summed E-state index contributed by atoms with van der Waals surface area (Å²) in [4.78, 5) is 13.5. The summed E-state index contributed by atoms with van der Waals surface area (Å²) < 4.78 is 0. The first-order chi connectivity index (χ1) is 8.54. The topological polar surface area (TPSA) is 58.4 Å². The minimum absolute atomic E-state index is 0.0902. The zero-order valence-electron chi connectivity index (χ0n) is 11.1. The minimum atomic E-state index is 0.0902. The van der Waals surface area contributed by atoms with Gasteiger partial charge >= 0.3 is 0 Å². The van der Waals surface area contributed by atoms with Gasteiger partial charge in [-0.2, -0.15) is 0 Å². The molecule has 4 heteroatoms. The number of nitrogens with zero attached hydrogens (tertiary/aromatic N) is 1. The van der Waals surface area contributed by atoms with Gasteiger partial charge < -0.3 is 16.0 Å². The van der Waals surface area contributed by atoms with E-state index in [0.717, 1.165) is 30.8 Å². The summed E-state index contributed by atoms with van der Waals surface area (Å²) in [6.07, 6.45) is 1.51. The number of carbonyl (C=O) groups excluding carboxylic acids is 1. The maximum Gasteiger partial charge on any atom is 0.228 e. The molecule has 1 unspecified atom stereocenters. The van der Waals surface area contributed by atoms with Crippen molar-refractivity contribution >= 4 is 11.6 Å². The van der Waals surface area contributed by atoms with E-state index in [2.05, 4.69) is 29.4 Å². The zero-order chi connectivity index (χ0) is 13.1. The van der Waals surface area contributed by atoms with Gasteiger partial charge in [0.2, 0.25) is 5.91 Å². The van der Waals surface area contributed by atoms with Crippen molar-refractivity contribution in [1.82, 2.24) is 4.90 Å². The third kappa shape index (κ3) is 3.31. The van der Waals surface area contributed by atoms with Gasteiger partial charge in [-0.25, -0.2) is 0 Å². The molecule has 1 aromatic carbocycles. The Hall–Kier alpha value is -1.39. The lowest BCUT2D eigenvalue weighted by atomic mass is 10.1. The normalized spacial score (nSPS) is 15.7. The van der Waals surface area contributed by atoms with Crippen LogP contribution in [0.3, 0.4) is 0 Å². The molecule has 0 fully saturated rings. The summed E-state index contributed by atoms with van der Waals surface area (Å²) >= 11 is 0. The number of fused-ring (bicyclic) bond motifs is 1. The fraction of sp³-hybridized carbons (Fsp3) is 0.500. The molecule has 3 N–H and O–H groups in total. The molecule has 0 aromatic heterocycles. The number of nitrogens with two attached hydrogens (primary N) is 1. The van der Waals surface area contributed by atoms with Gasteiger partial charge in [0.25, 0.3) is 0 Å². The van der Waals surface area contributed by atoms with E-state index in [1.165, 1.54) is 5.56 Å². The number of benzene rings is 1. The maximum absolute atomic E-state index is 11.3. The van der Waals surface area contributed by atoms with Crippen molar-refractivity contribution in [2.24, 2.45) is 5.73 Å². The molecule has 0 bridgehead atoms. The lowest BCUT2D eigenvalue weighted by Crippen LogP contribution is -2.25. The van der Waals surface area contributed by atoms with E-state index in [4.69, 9.17) is 5.73 Å². The van der Waals surface area contributed by atoms with Gasteiger partial charge in [-0.1, -0.05) is 12.1 Å². The van der Waals surface area contributed by atoms with Crippen LogP contribution < -0.4 is 11.1 Å². The molecular formula is C14H21N3O. The van der Waals surface area contributed by atoms with Crippen LogP contribution in [0.2, 0.25) is 0 Å². The molecule has 0 spiro atoms. The van der Waals surface area contributed by atoms with E-state index in [0.29, 0.717) is 6.42 Å². The fourth-order valence-electron chi connectivity index (χ4n) is 2.20. The van der Waals surface area contributed by atoms with Gasteiger partial charge in [0.1, 0.15) is 0 Å². The summed E-state index contributed by atoms with van der Waals surface area (Å²) in [5.74, 6) is 0.0902. The highest BCUT2D eigenvalue weighted by molar-refractivity contribution is 5.99. The van der Waals surface area contributed by atoms with Crippen molar-refractivity contribution in [2.45, 2.75) is 32.4 Å². The summed E-state index contributed by atoms with van der Waals surface area (Å²) in [6, 6.07) is 6.44. The highest BCUT2D eigenvalue weighted by atomic mass is 16.1. The van der Waals surface area contributed by atoms with Crippen molar-refractivity contribution in [3.05, 3.63) is 29.3 Å².